The molecule has 7 heteroatoms. The topological polar surface area (TPSA) is 77.8 Å². The van der Waals surface area contributed by atoms with E-state index in [9.17, 15) is 9.59 Å². The highest BCUT2D eigenvalue weighted by Gasteiger charge is 2.17. The minimum atomic E-state index is -0.489. The molecule has 0 aliphatic rings. The molecule has 0 unspecified atom stereocenters. The predicted octanol–water partition coefficient (Wildman–Crippen LogP) is 6.31. The molecule has 2 aromatic heterocycles. The van der Waals surface area contributed by atoms with Gasteiger partial charge in [0.25, 0.3) is 0 Å². The summed E-state index contributed by atoms with van der Waals surface area (Å²) in [7, 11) is 2.89. The lowest BCUT2D eigenvalue weighted by atomic mass is 9.99. The third-order valence-electron chi connectivity index (χ3n) is 5.32. The number of furan rings is 1. The van der Waals surface area contributed by atoms with Gasteiger partial charge >= 0.3 is 5.97 Å². The van der Waals surface area contributed by atoms with Gasteiger partial charge < -0.3 is 19.2 Å². The molecule has 1 N–H and O–H groups in total. The smallest absolute Gasteiger partial charge is 0.350 e. The lowest BCUT2D eigenvalue weighted by Crippen LogP contribution is -2.11. The Morgan fingerprint density at radius 2 is 1.85 bits per heavy atom. The van der Waals surface area contributed by atoms with Crippen LogP contribution in [0.1, 0.15) is 27.7 Å². The average molecular weight is 462 g/mol. The fraction of sp³-hybridized carbons (Fsp3) is 0.154. The number of nitrogens with one attached hydrogen (secondary N) is 1. The molecule has 0 fully saturated rings. The van der Waals surface area contributed by atoms with Gasteiger partial charge in [-0.3, -0.25) is 4.79 Å². The lowest BCUT2D eigenvalue weighted by molar-refractivity contribution is -0.111. The molecule has 0 atom stereocenters. The summed E-state index contributed by atoms with van der Waals surface area (Å²) >= 11 is 1.21. The number of fused-ring (bicyclic) bond motifs is 1. The van der Waals surface area contributed by atoms with Crippen LogP contribution in [0.3, 0.4) is 0 Å². The SMILES string of the molecule is COC(=O)c1sccc1NC(=O)/C=C(\C)c1cc2c(-c3ccc(C)cc3)coc2cc1OC. The summed E-state index contributed by atoms with van der Waals surface area (Å²) in [6.45, 7) is 3.88. The number of esters is 1. The molecular weight excluding hydrogens is 438 g/mol. The fourth-order valence-corrected chi connectivity index (χ4v) is 4.36. The summed E-state index contributed by atoms with van der Waals surface area (Å²) in [6, 6.07) is 13.7. The van der Waals surface area contributed by atoms with Crippen molar-refractivity contribution in [2.75, 3.05) is 19.5 Å². The molecule has 33 heavy (non-hydrogen) atoms. The number of ether oxygens (including phenoxy) is 2. The minimum Gasteiger partial charge on any atom is -0.496 e. The normalized spacial score (nSPS) is 11.5. The van der Waals surface area contributed by atoms with Gasteiger partial charge in [-0.15, -0.1) is 11.3 Å². The van der Waals surface area contributed by atoms with E-state index in [1.807, 2.05) is 26.0 Å². The van der Waals surface area contributed by atoms with Gasteiger partial charge in [0.1, 0.15) is 16.2 Å². The van der Waals surface area contributed by atoms with E-state index in [4.69, 9.17) is 13.9 Å². The number of aryl methyl sites for hydroxylation is 1. The monoisotopic (exact) mass is 461 g/mol. The summed E-state index contributed by atoms with van der Waals surface area (Å²) < 4.78 is 16.1. The average Bonchev–Trinajstić information content (AvgIpc) is 3.44. The number of amides is 1. The van der Waals surface area contributed by atoms with E-state index < -0.39 is 5.97 Å². The van der Waals surface area contributed by atoms with Crippen LogP contribution < -0.4 is 10.1 Å². The standard InChI is InChI=1S/C26H23NO5S/c1-15-5-7-17(8-6-15)20-14-32-23-13-22(30-3)18(12-19(20)23)16(2)11-24(28)27-21-9-10-33-25(21)26(29)31-4/h5-14H,1-4H3,(H,27,28)/b16-11+. The Kier molecular flexibility index (Phi) is 6.33. The second kappa shape index (κ2) is 9.34. The first-order valence-corrected chi connectivity index (χ1v) is 11.1. The number of carbonyl (C=O) groups is 2. The number of methoxy groups -OCH3 is 2. The van der Waals surface area contributed by atoms with Crippen LogP contribution >= 0.6 is 11.3 Å². The van der Waals surface area contributed by atoms with E-state index in [-0.39, 0.29) is 5.91 Å². The Hall–Kier alpha value is -3.84. The van der Waals surface area contributed by atoms with E-state index in [2.05, 4.69) is 29.6 Å². The van der Waals surface area contributed by atoms with E-state index >= 15 is 0 Å². The van der Waals surface area contributed by atoms with Crippen molar-refractivity contribution >= 4 is 45.4 Å². The highest BCUT2D eigenvalue weighted by molar-refractivity contribution is 7.12. The van der Waals surface area contributed by atoms with Gasteiger partial charge in [0.2, 0.25) is 5.91 Å². The van der Waals surface area contributed by atoms with E-state index in [1.165, 1.54) is 30.1 Å². The molecule has 0 spiro atoms. The van der Waals surface area contributed by atoms with Gasteiger partial charge in [0.05, 0.1) is 26.2 Å². The Morgan fingerprint density at radius 3 is 2.55 bits per heavy atom. The van der Waals surface area contributed by atoms with Crippen molar-refractivity contribution in [2.24, 2.45) is 0 Å². The summed E-state index contributed by atoms with van der Waals surface area (Å²) in [5, 5.41) is 5.40. The molecule has 6 nitrogen and oxygen atoms in total. The van der Waals surface area contributed by atoms with Gasteiger partial charge in [-0.25, -0.2) is 4.79 Å². The highest BCUT2D eigenvalue weighted by atomic mass is 32.1. The summed E-state index contributed by atoms with van der Waals surface area (Å²) in [4.78, 5) is 24.9. The number of anilines is 1. The quantitative estimate of drug-likeness (QED) is 0.269. The molecule has 0 saturated heterocycles. The molecule has 0 aliphatic carbocycles. The Balaban J connectivity index is 1.69. The third-order valence-corrected chi connectivity index (χ3v) is 6.22. The summed E-state index contributed by atoms with van der Waals surface area (Å²) in [5.74, 6) is -0.250. The van der Waals surface area contributed by atoms with Crippen molar-refractivity contribution in [3.63, 3.8) is 0 Å². The third kappa shape index (κ3) is 4.54. The van der Waals surface area contributed by atoms with Gasteiger partial charge in [-0.1, -0.05) is 29.8 Å². The molecule has 1 amide bonds. The first-order valence-electron chi connectivity index (χ1n) is 10.2. The van der Waals surface area contributed by atoms with E-state index in [0.717, 1.165) is 22.1 Å². The zero-order valence-corrected chi connectivity index (χ0v) is 19.5. The molecule has 0 aliphatic heterocycles. The number of hydrogen-bond donors (Lipinski definition) is 1. The molecule has 0 radical (unpaired) electrons. The van der Waals surface area contributed by atoms with Crippen LogP contribution in [-0.4, -0.2) is 26.1 Å². The number of rotatable bonds is 6. The van der Waals surface area contributed by atoms with Crippen LogP contribution in [0.2, 0.25) is 0 Å². The van der Waals surface area contributed by atoms with Gasteiger partial charge in [-0.2, -0.15) is 0 Å². The van der Waals surface area contributed by atoms with Crippen molar-refractivity contribution in [3.8, 4) is 16.9 Å². The van der Waals surface area contributed by atoms with Crippen molar-refractivity contribution in [1.29, 1.82) is 0 Å². The molecule has 2 heterocycles. The number of allylic oxidation sites excluding steroid dienone is 1. The maximum absolute atomic E-state index is 12.7. The fourth-order valence-electron chi connectivity index (χ4n) is 3.59. The predicted molar refractivity (Wildman–Crippen MR) is 131 cm³/mol. The van der Waals surface area contributed by atoms with E-state index in [0.29, 0.717) is 27.5 Å². The van der Waals surface area contributed by atoms with Crippen molar-refractivity contribution in [3.05, 3.63) is 76.2 Å². The van der Waals surface area contributed by atoms with Gasteiger partial charge in [-0.05, 0) is 42.5 Å². The van der Waals surface area contributed by atoms with Crippen LogP contribution in [-0.2, 0) is 9.53 Å². The molecule has 168 valence electrons. The van der Waals surface area contributed by atoms with Crippen LogP contribution in [0, 0.1) is 6.92 Å². The van der Waals surface area contributed by atoms with Crippen LogP contribution in [0.15, 0.2) is 64.6 Å². The zero-order chi connectivity index (χ0) is 23.5. The summed E-state index contributed by atoms with van der Waals surface area (Å²) in [5.41, 5.74) is 5.78. The first kappa shape index (κ1) is 22.4. The maximum Gasteiger partial charge on any atom is 0.350 e. The number of carbonyl (C=O) groups excluding carboxylic acids is 2. The van der Waals surface area contributed by atoms with Crippen LogP contribution in [0.25, 0.3) is 27.7 Å². The molecule has 4 aromatic rings. The zero-order valence-electron chi connectivity index (χ0n) is 18.7. The molecule has 0 saturated carbocycles. The second-order valence-electron chi connectivity index (χ2n) is 7.54. The summed E-state index contributed by atoms with van der Waals surface area (Å²) in [6.07, 6.45) is 3.21. The first-order chi connectivity index (χ1) is 15.9. The number of thiophene rings is 1. The number of benzene rings is 2. The van der Waals surface area contributed by atoms with E-state index in [1.54, 1.807) is 24.8 Å². The number of hydrogen-bond acceptors (Lipinski definition) is 6. The second-order valence-corrected chi connectivity index (χ2v) is 8.45. The Morgan fingerprint density at radius 1 is 1.09 bits per heavy atom. The highest BCUT2D eigenvalue weighted by Crippen LogP contribution is 2.37. The molecular formula is C26H23NO5S. The Labute approximate surface area is 195 Å². The van der Waals surface area contributed by atoms with Crippen molar-refractivity contribution in [2.45, 2.75) is 13.8 Å². The molecule has 4 rings (SSSR count). The Bertz CT molecular complexity index is 1360. The minimum absolute atomic E-state index is 0.344. The van der Waals surface area contributed by atoms with Crippen molar-refractivity contribution in [1.82, 2.24) is 0 Å². The molecule has 2 aromatic carbocycles. The van der Waals surface area contributed by atoms with Gasteiger partial charge in [0, 0.05) is 28.7 Å². The largest absolute Gasteiger partial charge is 0.496 e. The van der Waals surface area contributed by atoms with Gasteiger partial charge in [0.15, 0.2) is 0 Å². The lowest BCUT2D eigenvalue weighted by Gasteiger charge is -2.10. The maximum atomic E-state index is 12.7. The molecule has 0 bridgehead atoms. The van der Waals surface area contributed by atoms with Crippen LogP contribution in [0.5, 0.6) is 5.75 Å². The van der Waals surface area contributed by atoms with Crippen LogP contribution in [0.4, 0.5) is 5.69 Å². The van der Waals surface area contributed by atoms with Crippen molar-refractivity contribution < 1.29 is 23.5 Å².